The molecule has 1 aromatic rings. The number of halogens is 2. The molecule has 0 fully saturated rings. The van der Waals surface area contributed by atoms with Gasteiger partial charge in [-0.05, 0) is 12.1 Å². The second-order valence-electron chi connectivity index (χ2n) is 3.38. The fourth-order valence-corrected chi connectivity index (χ4v) is 1.24. The zero-order valence-electron chi connectivity index (χ0n) is 7.14. The summed E-state index contributed by atoms with van der Waals surface area (Å²) < 4.78 is 0. The first-order valence-corrected chi connectivity index (χ1v) is 5.24. The van der Waals surface area contributed by atoms with Crippen LogP contribution in [0.5, 0.6) is 0 Å². The number of hydrogen-bond acceptors (Lipinski definition) is 1. The predicted molar refractivity (Wildman–Crippen MR) is 56.1 cm³/mol. The van der Waals surface area contributed by atoms with Gasteiger partial charge in [-0.15, -0.1) is 0 Å². The van der Waals surface area contributed by atoms with Crippen LogP contribution in [0, 0.1) is 0 Å². The number of pyridine rings is 1. The van der Waals surface area contributed by atoms with E-state index in [1.54, 1.807) is 6.20 Å². The van der Waals surface area contributed by atoms with Crippen LogP contribution in [0.3, 0.4) is 0 Å². The third kappa shape index (κ3) is 2.20. The van der Waals surface area contributed by atoms with Gasteiger partial charge in [0.2, 0.25) is 0 Å². The van der Waals surface area contributed by atoms with Crippen LogP contribution in [0.4, 0.5) is 0 Å². The molecule has 0 aliphatic heterocycles. The molecule has 0 amide bonds. The second-order valence-corrected chi connectivity index (χ2v) is 4.38. The largest absolute Gasteiger partial charge is 0.259 e. The van der Waals surface area contributed by atoms with Gasteiger partial charge in [-0.25, -0.2) is 0 Å². The second kappa shape index (κ2) is 3.75. The molecule has 66 valence electrons. The summed E-state index contributed by atoms with van der Waals surface area (Å²) in [5.41, 5.74) is 1.13. The average molecular weight is 249 g/mol. The topological polar surface area (TPSA) is 12.9 Å². The molecule has 0 aliphatic carbocycles. The Morgan fingerprint density at radius 2 is 2.17 bits per heavy atom. The van der Waals surface area contributed by atoms with E-state index in [2.05, 4.69) is 34.8 Å². The van der Waals surface area contributed by atoms with E-state index in [-0.39, 0.29) is 5.41 Å². The van der Waals surface area contributed by atoms with Crippen LogP contribution in [0.15, 0.2) is 18.3 Å². The van der Waals surface area contributed by atoms with E-state index >= 15 is 0 Å². The standard InChI is InChI=1S/C9H11BrClN/c1-9(2,6-10)8-4-3-7(11)5-12-8/h3-5H,6H2,1-2H3. The van der Waals surface area contributed by atoms with Crippen LogP contribution in [0.25, 0.3) is 0 Å². The molecule has 0 unspecified atom stereocenters. The average Bonchev–Trinajstić information content (AvgIpc) is 2.05. The molecule has 3 heteroatoms. The van der Waals surface area contributed by atoms with Crippen LogP contribution in [0.1, 0.15) is 19.5 Å². The summed E-state index contributed by atoms with van der Waals surface area (Å²) in [6.45, 7) is 4.27. The van der Waals surface area contributed by atoms with E-state index < -0.39 is 0 Å². The molecule has 0 aromatic carbocycles. The Morgan fingerprint density at radius 3 is 2.58 bits per heavy atom. The van der Waals surface area contributed by atoms with Crippen LogP contribution in [-0.4, -0.2) is 10.3 Å². The van der Waals surface area contributed by atoms with Gasteiger partial charge >= 0.3 is 0 Å². The number of aromatic nitrogens is 1. The van der Waals surface area contributed by atoms with E-state index in [0.29, 0.717) is 5.02 Å². The van der Waals surface area contributed by atoms with Crippen molar-refractivity contribution in [1.82, 2.24) is 4.98 Å². The molecule has 1 rings (SSSR count). The third-order valence-corrected chi connectivity index (χ3v) is 3.38. The Labute approximate surface area is 86.3 Å². The lowest BCUT2D eigenvalue weighted by Crippen LogP contribution is -2.20. The Bertz CT molecular complexity index is 256. The molecule has 0 spiro atoms. The van der Waals surface area contributed by atoms with Crippen molar-refractivity contribution in [3.05, 3.63) is 29.0 Å². The van der Waals surface area contributed by atoms with Gasteiger partial charge in [0.15, 0.2) is 0 Å². The van der Waals surface area contributed by atoms with Gasteiger partial charge in [-0.3, -0.25) is 4.98 Å². The number of rotatable bonds is 2. The van der Waals surface area contributed by atoms with Crippen LogP contribution in [0.2, 0.25) is 5.02 Å². The van der Waals surface area contributed by atoms with E-state index in [0.717, 1.165) is 11.0 Å². The van der Waals surface area contributed by atoms with Gasteiger partial charge in [-0.2, -0.15) is 0 Å². The quantitative estimate of drug-likeness (QED) is 0.731. The van der Waals surface area contributed by atoms with Crippen molar-refractivity contribution in [2.45, 2.75) is 19.3 Å². The molecule has 0 saturated heterocycles. The summed E-state index contributed by atoms with van der Waals surface area (Å²) >= 11 is 9.18. The van der Waals surface area contributed by atoms with Crippen molar-refractivity contribution in [2.75, 3.05) is 5.33 Å². The minimum Gasteiger partial charge on any atom is -0.259 e. The fraction of sp³-hybridized carbons (Fsp3) is 0.444. The highest BCUT2D eigenvalue weighted by Crippen LogP contribution is 2.23. The van der Waals surface area contributed by atoms with Gasteiger partial charge in [0.25, 0.3) is 0 Å². The van der Waals surface area contributed by atoms with Crippen molar-refractivity contribution in [2.24, 2.45) is 0 Å². The SMILES string of the molecule is CC(C)(CBr)c1ccc(Cl)cn1. The smallest absolute Gasteiger partial charge is 0.0589 e. The maximum Gasteiger partial charge on any atom is 0.0589 e. The molecular weight excluding hydrogens is 237 g/mol. The first-order chi connectivity index (χ1) is 5.56. The van der Waals surface area contributed by atoms with Crippen molar-refractivity contribution in [3.8, 4) is 0 Å². The summed E-state index contributed by atoms with van der Waals surface area (Å²) in [6, 6.07) is 3.83. The number of hydrogen-bond donors (Lipinski definition) is 0. The van der Waals surface area contributed by atoms with Gasteiger partial charge in [0.1, 0.15) is 0 Å². The van der Waals surface area contributed by atoms with Crippen LogP contribution >= 0.6 is 27.5 Å². The third-order valence-electron chi connectivity index (χ3n) is 1.75. The molecular formula is C9H11BrClN. The molecule has 0 radical (unpaired) electrons. The fourth-order valence-electron chi connectivity index (χ4n) is 0.845. The van der Waals surface area contributed by atoms with E-state index in [1.165, 1.54) is 0 Å². The Balaban J connectivity index is 2.96. The zero-order chi connectivity index (χ0) is 9.19. The molecule has 1 aromatic heterocycles. The molecule has 0 aliphatic rings. The van der Waals surface area contributed by atoms with Gasteiger partial charge in [-0.1, -0.05) is 41.4 Å². The highest BCUT2D eigenvalue weighted by Gasteiger charge is 2.19. The van der Waals surface area contributed by atoms with Crippen molar-refractivity contribution < 1.29 is 0 Å². The minimum absolute atomic E-state index is 0.0740. The summed E-state index contributed by atoms with van der Waals surface area (Å²) in [4.78, 5) is 4.26. The molecule has 1 heterocycles. The maximum atomic E-state index is 5.73. The summed E-state index contributed by atoms with van der Waals surface area (Å²) in [7, 11) is 0. The minimum atomic E-state index is 0.0740. The Morgan fingerprint density at radius 1 is 1.50 bits per heavy atom. The number of nitrogens with zero attached hydrogens (tertiary/aromatic N) is 1. The highest BCUT2D eigenvalue weighted by atomic mass is 79.9. The molecule has 0 saturated carbocycles. The van der Waals surface area contributed by atoms with E-state index in [4.69, 9.17) is 11.6 Å². The molecule has 0 N–H and O–H groups in total. The molecule has 12 heavy (non-hydrogen) atoms. The monoisotopic (exact) mass is 247 g/mol. The van der Waals surface area contributed by atoms with Crippen LogP contribution in [-0.2, 0) is 5.41 Å². The lowest BCUT2D eigenvalue weighted by molar-refractivity contribution is 0.584. The lowest BCUT2D eigenvalue weighted by Gasteiger charge is -2.20. The van der Waals surface area contributed by atoms with Crippen molar-refractivity contribution in [1.29, 1.82) is 0 Å². The first kappa shape index (κ1) is 10.0. The zero-order valence-corrected chi connectivity index (χ0v) is 9.48. The highest BCUT2D eigenvalue weighted by molar-refractivity contribution is 9.09. The van der Waals surface area contributed by atoms with E-state index in [9.17, 15) is 0 Å². The van der Waals surface area contributed by atoms with Crippen molar-refractivity contribution >= 4 is 27.5 Å². The Kier molecular flexibility index (Phi) is 3.13. The lowest BCUT2D eigenvalue weighted by atomic mass is 9.92. The van der Waals surface area contributed by atoms with Crippen LogP contribution < -0.4 is 0 Å². The van der Waals surface area contributed by atoms with Gasteiger partial charge in [0, 0.05) is 22.6 Å². The van der Waals surface area contributed by atoms with Gasteiger partial charge in [0.05, 0.1) is 5.02 Å². The molecule has 0 atom stereocenters. The van der Waals surface area contributed by atoms with E-state index in [1.807, 2.05) is 12.1 Å². The first-order valence-electron chi connectivity index (χ1n) is 3.74. The summed E-state index contributed by atoms with van der Waals surface area (Å²) in [5.74, 6) is 0. The number of alkyl halides is 1. The van der Waals surface area contributed by atoms with Gasteiger partial charge < -0.3 is 0 Å². The Hall–Kier alpha value is -0.0800. The summed E-state index contributed by atoms with van der Waals surface area (Å²) in [5, 5.41) is 1.58. The normalized spacial score (nSPS) is 11.7. The van der Waals surface area contributed by atoms with Crippen molar-refractivity contribution in [3.63, 3.8) is 0 Å². The maximum absolute atomic E-state index is 5.73. The summed E-state index contributed by atoms with van der Waals surface area (Å²) in [6.07, 6.45) is 1.68. The molecule has 1 nitrogen and oxygen atoms in total. The predicted octanol–water partition coefficient (Wildman–Crippen LogP) is 3.41. The molecule has 0 bridgehead atoms.